The lowest BCUT2D eigenvalue weighted by Gasteiger charge is -2.24. The summed E-state index contributed by atoms with van der Waals surface area (Å²) in [4.78, 5) is 0. The number of hydrogen-bond acceptors (Lipinski definition) is 3. The van der Waals surface area contributed by atoms with Crippen molar-refractivity contribution in [3.8, 4) is 0 Å². The van der Waals surface area contributed by atoms with Crippen molar-refractivity contribution in [1.29, 1.82) is 0 Å². The zero-order chi connectivity index (χ0) is 10.3. The highest BCUT2D eigenvalue weighted by Crippen LogP contribution is 2.14. The molecule has 0 saturated heterocycles. The molecule has 0 heterocycles. The Labute approximate surface area is 81.5 Å². The Kier molecular flexibility index (Phi) is 7.23. The molecule has 0 aliphatic rings. The molecule has 80 valence electrons. The number of aliphatic hydroxyl groups is 1. The van der Waals surface area contributed by atoms with Gasteiger partial charge in [0.1, 0.15) is 0 Å². The van der Waals surface area contributed by atoms with Crippen molar-refractivity contribution in [3.63, 3.8) is 0 Å². The standard InChI is InChI=1S/C10H24N2O/c1-3-10(13)8(2)9(12)6-4-5-7-11/h8-10,13H,3-7,11-12H2,1-2H3. The SMILES string of the molecule is CCC(O)C(C)C(N)CCCCN. The molecule has 3 atom stereocenters. The molecule has 13 heavy (non-hydrogen) atoms. The van der Waals surface area contributed by atoms with Gasteiger partial charge >= 0.3 is 0 Å². The first-order valence-corrected chi connectivity index (χ1v) is 5.27. The van der Waals surface area contributed by atoms with Crippen LogP contribution in [0.5, 0.6) is 0 Å². The molecule has 0 amide bonds. The van der Waals surface area contributed by atoms with E-state index in [1.165, 1.54) is 0 Å². The highest BCUT2D eigenvalue weighted by atomic mass is 16.3. The van der Waals surface area contributed by atoms with E-state index in [0.29, 0.717) is 0 Å². The fourth-order valence-electron chi connectivity index (χ4n) is 1.44. The predicted molar refractivity (Wildman–Crippen MR) is 56.3 cm³/mol. The van der Waals surface area contributed by atoms with Crippen molar-refractivity contribution < 1.29 is 5.11 Å². The van der Waals surface area contributed by atoms with E-state index in [2.05, 4.69) is 0 Å². The molecule has 3 unspecified atom stereocenters. The van der Waals surface area contributed by atoms with Gasteiger partial charge in [-0.25, -0.2) is 0 Å². The average Bonchev–Trinajstić information content (AvgIpc) is 2.15. The van der Waals surface area contributed by atoms with Crippen LogP contribution in [0.3, 0.4) is 0 Å². The van der Waals surface area contributed by atoms with Crippen LogP contribution in [0.2, 0.25) is 0 Å². The number of nitrogens with two attached hydrogens (primary N) is 2. The van der Waals surface area contributed by atoms with E-state index in [1.807, 2.05) is 13.8 Å². The average molecular weight is 188 g/mol. The molecule has 0 aromatic rings. The van der Waals surface area contributed by atoms with Gasteiger partial charge in [-0.3, -0.25) is 0 Å². The fourth-order valence-corrected chi connectivity index (χ4v) is 1.44. The third-order valence-corrected chi connectivity index (χ3v) is 2.69. The molecule has 0 aliphatic heterocycles. The lowest BCUT2D eigenvalue weighted by atomic mass is 9.91. The summed E-state index contributed by atoms with van der Waals surface area (Å²) in [6.45, 7) is 4.73. The van der Waals surface area contributed by atoms with Gasteiger partial charge < -0.3 is 16.6 Å². The van der Waals surface area contributed by atoms with Crippen molar-refractivity contribution in [2.24, 2.45) is 17.4 Å². The van der Waals surface area contributed by atoms with Crippen LogP contribution >= 0.6 is 0 Å². The maximum absolute atomic E-state index is 9.55. The van der Waals surface area contributed by atoms with Crippen molar-refractivity contribution in [1.82, 2.24) is 0 Å². The monoisotopic (exact) mass is 188 g/mol. The summed E-state index contributed by atoms with van der Waals surface area (Å²) >= 11 is 0. The summed E-state index contributed by atoms with van der Waals surface area (Å²) in [5.74, 6) is 0.197. The van der Waals surface area contributed by atoms with Gasteiger partial charge in [0.25, 0.3) is 0 Å². The quantitative estimate of drug-likeness (QED) is 0.519. The maximum atomic E-state index is 9.55. The highest BCUT2D eigenvalue weighted by Gasteiger charge is 2.18. The molecular weight excluding hydrogens is 164 g/mol. The molecule has 0 spiro atoms. The minimum atomic E-state index is -0.257. The van der Waals surface area contributed by atoms with Crippen LogP contribution in [0.15, 0.2) is 0 Å². The van der Waals surface area contributed by atoms with Crippen LogP contribution in [0, 0.1) is 5.92 Å². The second-order valence-corrected chi connectivity index (χ2v) is 3.78. The third-order valence-electron chi connectivity index (χ3n) is 2.69. The van der Waals surface area contributed by atoms with Gasteiger partial charge in [0.05, 0.1) is 6.10 Å². The molecule has 3 heteroatoms. The normalized spacial score (nSPS) is 18.2. The number of rotatable bonds is 7. The van der Waals surface area contributed by atoms with E-state index < -0.39 is 0 Å². The van der Waals surface area contributed by atoms with Gasteiger partial charge in [0.2, 0.25) is 0 Å². The summed E-state index contributed by atoms with van der Waals surface area (Å²) in [5.41, 5.74) is 11.3. The smallest absolute Gasteiger partial charge is 0.0577 e. The lowest BCUT2D eigenvalue weighted by molar-refractivity contribution is 0.0962. The van der Waals surface area contributed by atoms with E-state index in [9.17, 15) is 5.11 Å². The molecule has 0 fully saturated rings. The zero-order valence-electron chi connectivity index (χ0n) is 8.87. The summed E-state index contributed by atoms with van der Waals surface area (Å²) < 4.78 is 0. The minimum absolute atomic E-state index is 0.112. The largest absolute Gasteiger partial charge is 0.393 e. The molecule has 0 rings (SSSR count). The van der Waals surface area contributed by atoms with Gasteiger partial charge in [-0.05, 0) is 31.7 Å². The first kappa shape index (κ1) is 12.9. The van der Waals surface area contributed by atoms with Crippen molar-refractivity contribution in [2.45, 2.75) is 51.7 Å². The lowest BCUT2D eigenvalue weighted by Crippen LogP contribution is -2.35. The second-order valence-electron chi connectivity index (χ2n) is 3.78. The summed E-state index contributed by atoms with van der Waals surface area (Å²) in [6, 6.07) is 0.112. The predicted octanol–water partition coefficient (Wildman–Crippen LogP) is 0.850. The van der Waals surface area contributed by atoms with Crippen LogP contribution in [-0.2, 0) is 0 Å². The first-order valence-electron chi connectivity index (χ1n) is 5.27. The van der Waals surface area contributed by atoms with E-state index in [-0.39, 0.29) is 18.1 Å². The van der Waals surface area contributed by atoms with E-state index >= 15 is 0 Å². The van der Waals surface area contributed by atoms with Crippen LogP contribution in [0.1, 0.15) is 39.5 Å². The highest BCUT2D eigenvalue weighted by molar-refractivity contribution is 4.74. The second kappa shape index (κ2) is 7.30. The maximum Gasteiger partial charge on any atom is 0.0577 e. The summed E-state index contributed by atoms with van der Waals surface area (Å²) in [5, 5.41) is 9.55. The number of aliphatic hydroxyl groups excluding tert-OH is 1. The van der Waals surface area contributed by atoms with Gasteiger partial charge in [0.15, 0.2) is 0 Å². The Morgan fingerprint density at radius 1 is 1.31 bits per heavy atom. The van der Waals surface area contributed by atoms with Crippen molar-refractivity contribution >= 4 is 0 Å². The van der Waals surface area contributed by atoms with E-state index in [4.69, 9.17) is 11.5 Å². The molecule has 0 radical (unpaired) electrons. The molecule has 0 bridgehead atoms. The molecule has 0 aromatic heterocycles. The Morgan fingerprint density at radius 2 is 1.92 bits per heavy atom. The third kappa shape index (κ3) is 5.24. The molecule has 0 saturated carbocycles. The molecule has 0 aliphatic carbocycles. The topological polar surface area (TPSA) is 72.3 Å². The van der Waals surface area contributed by atoms with Gasteiger partial charge in [-0.15, -0.1) is 0 Å². The van der Waals surface area contributed by atoms with Gasteiger partial charge in [0, 0.05) is 6.04 Å². The van der Waals surface area contributed by atoms with Gasteiger partial charge in [-0.2, -0.15) is 0 Å². The summed E-state index contributed by atoms with van der Waals surface area (Å²) in [6.07, 6.45) is 3.59. The fraction of sp³-hybridized carbons (Fsp3) is 1.00. The van der Waals surface area contributed by atoms with Crippen molar-refractivity contribution in [2.75, 3.05) is 6.54 Å². The van der Waals surface area contributed by atoms with Crippen LogP contribution in [-0.4, -0.2) is 23.8 Å². The molecule has 0 aromatic carbocycles. The van der Waals surface area contributed by atoms with Crippen LogP contribution in [0.4, 0.5) is 0 Å². The number of unbranched alkanes of at least 4 members (excludes halogenated alkanes) is 1. The molecule has 5 N–H and O–H groups in total. The summed E-state index contributed by atoms with van der Waals surface area (Å²) in [7, 11) is 0. The van der Waals surface area contributed by atoms with Gasteiger partial charge in [-0.1, -0.05) is 20.3 Å². The van der Waals surface area contributed by atoms with E-state index in [1.54, 1.807) is 0 Å². The van der Waals surface area contributed by atoms with E-state index in [0.717, 1.165) is 32.2 Å². The Morgan fingerprint density at radius 3 is 2.38 bits per heavy atom. The first-order chi connectivity index (χ1) is 6.13. The molecular formula is C10H24N2O. The number of hydrogen-bond donors (Lipinski definition) is 3. The van der Waals surface area contributed by atoms with Crippen molar-refractivity contribution in [3.05, 3.63) is 0 Å². The zero-order valence-corrected chi connectivity index (χ0v) is 8.87. The van der Waals surface area contributed by atoms with Crippen LogP contribution < -0.4 is 11.5 Å². The van der Waals surface area contributed by atoms with Crippen LogP contribution in [0.25, 0.3) is 0 Å². The Balaban J connectivity index is 3.62. The molecule has 3 nitrogen and oxygen atoms in total. The Hall–Kier alpha value is -0.120. The Bertz CT molecular complexity index is 119. The minimum Gasteiger partial charge on any atom is -0.393 e.